The lowest BCUT2D eigenvalue weighted by molar-refractivity contribution is -0.124. The molecule has 36 heavy (non-hydrogen) atoms. The standard InChI is InChI=1S/C31H53NO3S/c1-4-5-6-7-8-9-10-11-12-13-14-15-16-17-18-19-20-21-22-29(33)32-28-25-27-23-24-31(28,30(27,2)3)26-36(32,34)35/h17-18,21-22,27-28H,4-16,19-20,23-26H2,1-3H3/b18-17+,22-21+/t27-,28-,31-/m1/s1. The van der Waals surface area contributed by atoms with Crippen LogP contribution in [0.3, 0.4) is 0 Å². The third-order valence-corrected chi connectivity index (χ3v) is 11.7. The first kappa shape index (κ1) is 29.5. The van der Waals surface area contributed by atoms with Crippen LogP contribution in [0.4, 0.5) is 0 Å². The Morgan fingerprint density at radius 2 is 1.39 bits per heavy atom. The lowest BCUT2D eigenvalue weighted by Gasteiger charge is -2.36. The van der Waals surface area contributed by atoms with E-state index in [0.717, 1.165) is 38.5 Å². The maximum atomic E-state index is 12.9. The van der Waals surface area contributed by atoms with Crippen LogP contribution in [-0.2, 0) is 14.8 Å². The summed E-state index contributed by atoms with van der Waals surface area (Å²) in [5, 5.41) is 0. The fraction of sp³-hybridized carbons (Fsp3) is 0.839. The number of amides is 1. The Morgan fingerprint density at radius 1 is 0.833 bits per heavy atom. The van der Waals surface area contributed by atoms with Crippen LogP contribution in [-0.4, -0.2) is 30.4 Å². The Kier molecular flexibility index (Phi) is 11.1. The molecule has 1 heterocycles. The number of fused-ring (bicyclic) bond motifs is 1. The number of nitrogens with zero attached hydrogens (tertiary/aromatic N) is 1. The van der Waals surface area contributed by atoms with Gasteiger partial charge in [0.2, 0.25) is 10.0 Å². The van der Waals surface area contributed by atoms with Crippen LogP contribution < -0.4 is 0 Å². The van der Waals surface area contributed by atoms with E-state index in [4.69, 9.17) is 0 Å². The largest absolute Gasteiger partial charge is 0.269 e. The molecule has 0 unspecified atom stereocenters. The first-order valence-electron chi connectivity index (χ1n) is 15.1. The van der Waals surface area contributed by atoms with Crippen LogP contribution in [0.25, 0.3) is 0 Å². The van der Waals surface area contributed by atoms with Gasteiger partial charge in [-0.2, -0.15) is 0 Å². The summed E-state index contributed by atoms with van der Waals surface area (Å²) >= 11 is 0. The van der Waals surface area contributed by atoms with E-state index < -0.39 is 10.0 Å². The summed E-state index contributed by atoms with van der Waals surface area (Å²) in [7, 11) is -3.52. The van der Waals surface area contributed by atoms with Gasteiger partial charge in [-0.15, -0.1) is 0 Å². The number of rotatable bonds is 17. The SMILES string of the molecule is CCCCCCCCCCCCCC/C=C/CC/C=C/C(=O)N1[C@@H]2C[C@H]3CC[C@]2(CS1(=O)=O)C3(C)C. The van der Waals surface area contributed by atoms with Crippen molar-refractivity contribution in [2.45, 2.75) is 142 Å². The zero-order valence-corrected chi connectivity index (χ0v) is 24.3. The van der Waals surface area contributed by atoms with Gasteiger partial charge in [0.05, 0.1) is 11.8 Å². The van der Waals surface area contributed by atoms with Gasteiger partial charge in [-0.25, -0.2) is 12.7 Å². The van der Waals surface area contributed by atoms with Crippen LogP contribution in [0.1, 0.15) is 136 Å². The predicted octanol–water partition coefficient (Wildman–Crippen LogP) is 8.34. The molecule has 206 valence electrons. The van der Waals surface area contributed by atoms with Crippen molar-refractivity contribution in [2.24, 2.45) is 16.7 Å². The molecule has 3 atom stereocenters. The van der Waals surface area contributed by atoms with Crippen LogP contribution in [0.5, 0.6) is 0 Å². The maximum absolute atomic E-state index is 12.9. The molecule has 2 aliphatic carbocycles. The minimum atomic E-state index is -3.52. The van der Waals surface area contributed by atoms with Gasteiger partial charge >= 0.3 is 0 Å². The Balaban J connectivity index is 1.23. The quantitative estimate of drug-likeness (QED) is 0.110. The number of hydrogen-bond donors (Lipinski definition) is 0. The molecule has 3 rings (SSSR count). The molecule has 3 aliphatic rings. The lowest BCUT2D eigenvalue weighted by Crippen LogP contribution is -2.43. The van der Waals surface area contributed by atoms with Crippen molar-refractivity contribution in [3.05, 3.63) is 24.3 Å². The Labute approximate surface area is 222 Å². The van der Waals surface area contributed by atoms with Crippen molar-refractivity contribution in [3.63, 3.8) is 0 Å². The van der Waals surface area contributed by atoms with Gasteiger partial charge < -0.3 is 0 Å². The van der Waals surface area contributed by atoms with Crippen LogP contribution in [0.2, 0.25) is 0 Å². The highest BCUT2D eigenvalue weighted by Crippen LogP contribution is 2.69. The molecule has 1 aliphatic heterocycles. The Bertz CT molecular complexity index is 859. The summed E-state index contributed by atoms with van der Waals surface area (Å²) in [5.41, 5.74) is -0.238. The van der Waals surface area contributed by atoms with Crippen LogP contribution >= 0.6 is 0 Å². The van der Waals surface area contributed by atoms with E-state index in [0.29, 0.717) is 5.92 Å². The Hall–Kier alpha value is -1.10. The molecule has 3 fully saturated rings. The number of unbranched alkanes of at least 4 members (excludes halogenated alkanes) is 13. The Morgan fingerprint density at radius 3 is 2.00 bits per heavy atom. The van der Waals surface area contributed by atoms with Gasteiger partial charge in [-0.3, -0.25) is 4.79 Å². The number of sulfonamides is 1. The fourth-order valence-corrected chi connectivity index (χ4v) is 9.88. The van der Waals surface area contributed by atoms with E-state index in [1.54, 1.807) is 0 Å². The fourth-order valence-electron chi connectivity index (χ4n) is 7.37. The first-order valence-corrected chi connectivity index (χ1v) is 16.7. The molecule has 0 aromatic carbocycles. The molecule has 2 saturated carbocycles. The van der Waals surface area contributed by atoms with E-state index in [9.17, 15) is 13.2 Å². The third-order valence-electron chi connectivity index (χ3n) is 9.78. The van der Waals surface area contributed by atoms with Gasteiger partial charge in [0.15, 0.2) is 0 Å². The van der Waals surface area contributed by atoms with Crippen LogP contribution in [0.15, 0.2) is 24.3 Å². The van der Waals surface area contributed by atoms with Crippen molar-refractivity contribution in [1.82, 2.24) is 4.31 Å². The number of allylic oxidation sites excluding steroid dienone is 3. The predicted molar refractivity (Wildman–Crippen MR) is 151 cm³/mol. The summed E-state index contributed by atoms with van der Waals surface area (Å²) in [5.74, 6) is 0.350. The molecule has 1 spiro atoms. The second kappa shape index (κ2) is 13.6. The van der Waals surface area contributed by atoms with Gasteiger partial charge in [0.1, 0.15) is 0 Å². The number of carbonyl (C=O) groups is 1. The van der Waals surface area contributed by atoms with E-state index in [-0.39, 0.29) is 28.5 Å². The van der Waals surface area contributed by atoms with Gasteiger partial charge in [-0.05, 0) is 56.3 Å². The van der Waals surface area contributed by atoms with Crippen molar-refractivity contribution < 1.29 is 13.2 Å². The van der Waals surface area contributed by atoms with E-state index in [2.05, 4.69) is 32.9 Å². The molecule has 5 heteroatoms. The molecular formula is C31H53NO3S. The minimum Gasteiger partial charge on any atom is -0.269 e. The minimum absolute atomic E-state index is 0.00181. The van der Waals surface area contributed by atoms with Crippen molar-refractivity contribution >= 4 is 15.9 Å². The van der Waals surface area contributed by atoms with Crippen molar-refractivity contribution in [3.8, 4) is 0 Å². The summed E-state index contributed by atoms with van der Waals surface area (Å²) < 4.78 is 27.1. The van der Waals surface area contributed by atoms with Gasteiger partial charge in [0.25, 0.3) is 5.91 Å². The molecule has 0 aromatic heterocycles. The molecule has 1 amide bonds. The summed E-state index contributed by atoms with van der Waals surface area (Å²) in [4.78, 5) is 12.9. The topological polar surface area (TPSA) is 54.5 Å². The highest BCUT2D eigenvalue weighted by atomic mass is 32.2. The zero-order valence-electron chi connectivity index (χ0n) is 23.5. The summed E-state index contributed by atoms with van der Waals surface area (Å²) in [6, 6.07) is -0.135. The van der Waals surface area contributed by atoms with E-state index in [1.807, 2.05) is 6.08 Å². The molecular weight excluding hydrogens is 466 g/mol. The molecule has 4 nitrogen and oxygen atoms in total. The molecule has 2 bridgehead atoms. The normalized spacial score (nSPS) is 28.0. The van der Waals surface area contributed by atoms with Gasteiger partial charge in [-0.1, -0.05) is 110 Å². The van der Waals surface area contributed by atoms with Crippen molar-refractivity contribution in [2.75, 3.05) is 5.75 Å². The first-order chi connectivity index (χ1) is 17.3. The maximum Gasteiger partial charge on any atom is 0.259 e. The number of carbonyl (C=O) groups excluding carboxylic acids is 1. The van der Waals surface area contributed by atoms with Crippen LogP contribution in [0, 0.1) is 16.7 Å². The highest BCUT2D eigenvalue weighted by molar-refractivity contribution is 7.90. The molecule has 0 aromatic rings. The molecule has 0 radical (unpaired) electrons. The second-order valence-electron chi connectivity index (χ2n) is 12.4. The summed E-state index contributed by atoms with van der Waals surface area (Å²) in [6.45, 7) is 6.71. The monoisotopic (exact) mass is 519 g/mol. The molecule has 1 saturated heterocycles. The highest BCUT2D eigenvalue weighted by Gasteiger charge is 2.72. The third kappa shape index (κ3) is 6.85. The van der Waals surface area contributed by atoms with E-state index in [1.165, 1.54) is 87.4 Å². The summed E-state index contributed by atoms with van der Waals surface area (Å²) in [6.07, 6.45) is 30.0. The lowest BCUT2D eigenvalue weighted by atomic mass is 9.69. The smallest absolute Gasteiger partial charge is 0.259 e. The zero-order chi connectivity index (χ0) is 26.1. The van der Waals surface area contributed by atoms with E-state index >= 15 is 0 Å². The average molecular weight is 520 g/mol. The molecule has 0 N–H and O–H groups in total. The number of hydrogen-bond acceptors (Lipinski definition) is 3. The second-order valence-corrected chi connectivity index (χ2v) is 14.2. The van der Waals surface area contributed by atoms with Gasteiger partial charge in [0, 0.05) is 11.5 Å². The average Bonchev–Trinajstić information content (AvgIpc) is 3.31. The van der Waals surface area contributed by atoms with Crippen molar-refractivity contribution in [1.29, 1.82) is 0 Å².